The molecule has 1 aromatic heterocycles. The molecule has 0 bridgehead atoms. The first kappa shape index (κ1) is 25.6. The van der Waals surface area contributed by atoms with Crippen molar-refractivity contribution in [1.82, 2.24) is 20.4 Å². The van der Waals surface area contributed by atoms with Gasteiger partial charge in [-0.2, -0.15) is 23.1 Å². The fraction of sp³-hybridized carbons (Fsp3) is 0.783. The van der Waals surface area contributed by atoms with Crippen LogP contribution in [-0.4, -0.2) is 78.6 Å². The average molecular weight is 578 g/mol. The van der Waals surface area contributed by atoms with E-state index in [-0.39, 0.29) is 24.0 Å². The van der Waals surface area contributed by atoms with Crippen molar-refractivity contribution in [2.45, 2.75) is 63.1 Å². The Morgan fingerprint density at radius 1 is 1.13 bits per heavy atom. The van der Waals surface area contributed by atoms with Gasteiger partial charge in [0, 0.05) is 69.4 Å². The molecule has 0 spiro atoms. The van der Waals surface area contributed by atoms with Gasteiger partial charge < -0.3 is 10.6 Å². The molecule has 4 rings (SSSR count). The van der Waals surface area contributed by atoms with Crippen LogP contribution in [0.2, 0.25) is 0 Å². The highest BCUT2D eigenvalue weighted by Gasteiger charge is 2.38. The third kappa shape index (κ3) is 7.22. The van der Waals surface area contributed by atoms with Gasteiger partial charge in [0.25, 0.3) is 0 Å². The van der Waals surface area contributed by atoms with E-state index in [1.165, 1.54) is 88.2 Å². The SMILES string of the molecule is CN=C(NCC1(N2CCSCC2)CCCCC1)NC1CCN(Cc2ccsc2)CC1.I. The summed E-state index contributed by atoms with van der Waals surface area (Å²) in [5, 5.41) is 11.9. The maximum Gasteiger partial charge on any atom is 0.191 e. The van der Waals surface area contributed by atoms with Crippen LogP contribution < -0.4 is 10.6 Å². The van der Waals surface area contributed by atoms with E-state index in [4.69, 9.17) is 0 Å². The second-order valence-electron chi connectivity index (χ2n) is 9.14. The van der Waals surface area contributed by atoms with Gasteiger partial charge in [0.15, 0.2) is 5.96 Å². The molecule has 1 saturated carbocycles. The molecule has 1 aromatic rings. The molecule has 3 aliphatic rings. The van der Waals surface area contributed by atoms with Gasteiger partial charge in [-0.1, -0.05) is 19.3 Å². The summed E-state index contributed by atoms with van der Waals surface area (Å²) >= 11 is 3.91. The minimum absolute atomic E-state index is 0. The van der Waals surface area contributed by atoms with Crippen LogP contribution in [0.3, 0.4) is 0 Å². The molecule has 8 heteroatoms. The van der Waals surface area contributed by atoms with Gasteiger partial charge in [-0.3, -0.25) is 14.8 Å². The molecule has 0 atom stereocenters. The Kier molecular flexibility index (Phi) is 10.7. The number of rotatable bonds is 6. The Bertz CT molecular complexity index is 649. The van der Waals surface area contributed by atoms with E-state index in [1.54, 1.807) is 11.3 Å². The second-order valence-corrected chi connectivity index (χ2v) is 11.1. The van der Waals surface area contributed by atoms with Crippen LogP contribution in [0.1, 0.15) is 50.5 Å². The van der Waals surface area contributed by atoms with E-state index in [1.807, 2.05) is 7.05 Å². The number of thioether (sulfide) groups is 1. The van der Waals surface area contributed by atoms with Crippen LogP contribution in [0.25, 0.3) is 0 Å². The predicted octanol–water partition coefficient (Wildman–Crippen LogP) is 4.25. The maximum atomic E-state index is 4.58. The molecule has 3 fully saturated rings. The van der Waals surface area contributed by atoms with Crippen molar-refractivity contribution in [2.75, 3.05) is 51.3 Å². The van der Waals surface area contributed by atoms with Crippen molar-refractivity contribution >= 4 is 53.0 Å². The highest BCUT2D eigenvalue weighted by molar-refractivity contribution is 14.0. The van der Waals surface area contributed by atoms with Crippen LogP contribution in [-0.2, 0) is 6.54 Å². The highest BCUT2D eigenvalue weighted by Crippen LogP contribution is 2.34. The van der Waals surface area contributed by atoms with E-state index >= 15 is 0 Å². The molecule has 2 saturated heterocycles. The van der Waals surface area contributed by atoms with Gasteiger partial charge in [0.1, 0.15) is 0 Å². The summed E-state index contributed by atoms with van der Waals surface area (Å²) in [7, 11) is 1.92. The molecule has 3 heterocycles. The van der Waals surface area contributed by atoms with Gasteiger partial charge >= 0.3 is 0 Å². The Balaban J connectivity index is 0.00000272. The number of halogens is 1. The number of piperidine rings is 1. The lowest BCUT2D eigenvalue weighted by Gasteiger charge is -2.48. The Hall–Kier alpha value is -0.0300. The first-order valence-electron chi connectivity index (χ1n) is 11.8. The fourth-order valence-electron chi connectivity index (χ4n) is 5.36. The molecule has 0 radical (unpaired) electrons. The first-order chi connectivity index (χ1) is 14.8. The molecule has 176 valence electrons. The number of nitrogens with zero attached hydrogens (tertiary/aromatic N) is 3. The van der Waals surface area contributed by atoms with Gasteiger partial charge in [-0.25, -0.2) is 0 Å². The molecule has 31 heavy (non-hydrogen) atoms. The molecule has 2 aliphatic heterocycles. The average Bonchev–Trinajstić information content (AvgIpc) is 3.32. The Morgan fingerprint density at radius 3 is 2.52 bits per heavy atom. The third-order valence-corrected chi connectivity index (χ3v) is 8.86. The first-order valence-corrected chi connectivity index (χ1v) is 13.9. The van der Waals surface area contributed by atoms with E-state index in [2.05, 4.69) is 54.0 Å². The third-order valence-electron chi connectivity index (χ3n) is 7.19. The second kappa shape index (κ2) is 13.0. The van der Waals surface area contributed by atoms with E-state index < -0.39 is 0 Å². The fourth-order valence-corrected chi connectivity index (χ4v) is 6.93. The lowest BCUT2D eigenvalue weighted by molar-refractivity contribution is 0.0625. The van der Waals surface area contributed by atoms with E-state index in [9.17, 15) is 0 Å². The van der Waals surface area contributed by atoms with Crippen LogP contribution in [0.5, 0.6) is 0 Å². The van der Waals surface area contributed by atoms with Crippen molar-refractivity contribution in [3.63, 3.8) is 0 Å². The minimum atomic E-state index is 0. The van der Waals surface area contributed by atoms with E-state index in [0.717, 1.165) is 19.0 Å². The topological polar surface area (TPSA) is 42.9 Å². The number of hydrogen-bond donors (Lipinski definition) is 2. The molecule has 2 N–H and O–H groups in total. The van der Waals surface area contributed by atoms with Gasteiger partial charge in [0.2, 0.25) is 0 Å². The number of thiophene rings is 1. The van der Waals surface area contributed by atoms with Crippen LogP contribution >= 0.6 is 47.1 Å². The van der Waals surface area contributed by atoms with Gasteiger partial charge in [-0.15, -0.1) is 24.0 Å². The van der Waals surface area contributed by atoms with Crippen molar-refractivity contribution in [1.29, 1.82) is 0 Å². The maximum absolute atomic E-state index is 4.58. The molecular weight excluding hydrogens is 537 g/mol. The van der Waals surface area contributed by atoms with Crippen molar-refractivity contribution in [2.24, 2.45) is 4.99 Å². The van der Waals surface area contributed by atoms with Crippen LogP contribution in [0, 0.1) is 0 Å². The van der Waals surface area contributed by atoms with Crippen molar-refractivity contribution in [3.05, 3.63) is 22.4 Å². The summed E-state index contributed by atoms with van der Waals surface area (Å²) in [5.74, 6) is 3.58. The van der Waals surface area contributed by atoms with Crippen LogP contribution in [0.4, 0.5) is 0 Å². The van der Waals surface area contributed by atoms with Gasteiger partial charge in [-0.05, 0) is 48.1 Å². The summed E-state index contributed by atoms with van der Waals surface area (Å²) in [6, 6.07) is 2.78. The highest BCUT2D eigenvalue weighted by atomic mass is 127. The predicted molar refractivity (Wildman–Crippen MR) is 147 cm³/mol. The normalized spacial score (nSPS) is 23.8. The monoisotopic (exact) mass is 577 g/mol. The molecular formula is C23H40IN5S2. The summed E-state index contributed by atoms with van der Waals surface area (Å²) in [6.07, 6.45) is 9.21. The van der Waals surface area contributed by atoms with Crippen molar-refractivity contribution < 1.29 is 0 Å². The summed E-state index contributed by atoms with van der Waals surface area (Å²) in [5.41, 5.74) is 1.79. The number of hydrogen-bond acceptors (Lipinski definition) is 5. The largest absolute Gasteiger partial charge is 0.355 e. The molecule has 0 amide bonds. The standard InChI is InChI=1S/C23H39N5S2.HI/c1-24-22(26-21-5-10-27(11-6-21)17-20-7-14-30-18-20)25-19-23(8-3-2-4-9-23)28-12-15-29-16-13-28;/h7,14,18,21H,2-6,8-13,15-17,19H2,1H3,(H2,24,25,26);1H. The molecule has 5 nitrogen and oxygen atoms in total. The number of likely N-dealkylation sites (tertiary alicyclic amines) is 1. The quantitative estimate of drug-likeness (QED) is 0.301. The minimum Gasteiger partial charge on any atom is -0.355 e. The zero-order valence-corrected chi connectivity index (χ0v) is 22.9. The Labute approximate surface area is 214 Å². The zero-order valence-electron chi connectivity index (χ0n) is 19.0. The van der Waals surface area contributed by atoms with Crippen molar-refractivity contribution in [3.8, 4) is 0 Å². The Morgan fingerprint density at radius 2 is 1.87 bits per heavy atom. The van der Waals surface area contributed by atoms with Gasteiger partial charge in [0.05, 0.1) is 0 Å². The number of guanidine groups is 1. The number of nitrogens with one attached hydrogen (secondary N) is 2. The smallest absolute Gasteiger partial charge is 0.191 e. The lowest BCUT2D eigenvalue weighted by Crippen LogP contribution is -2.60. The molecule has 0 aromatic carbocycles. The zero-order chi connectivity index (χ0) is 20.7. The van der Waals surface area contributed by atoms with E-state index in [0.29, 0.717) is 11.6 Å². The summed E-state index contributed by atoms with van der Waals surface area (Å²) in [6.45, 7) is 6.97. The molecule has 1 aliphatic carbocycles. The summed E-state index contributed by atoms with van der Waals surface area (Å²) < 4.78 is 0. The summed E-state index contributed by atoms with van der Waals surface area (Å²) in [4.78, 5) is 9.96. The number of aliphatic imine (C=N–C) groups is 1. The van der Waals surface area contributed by atoms with Crippen LogP contribution in [0.15, 0.2) is 21.8 Å². The lowest BCUT2D eigenvalue weighted by atomic mass is 9.80. The molecule has 0 unspecified atom stereocenters.